The van der Waals surface area contributed by atoms with Gasteiger partial charge in [-0.1, -0.05) is 41.8 Å². The molecule has 0 radical (unpaired) electrons. The van der Waals surface area contributed by atoms with E-state index < -0.39 is 5.63 Å². The summed E-state index contributed by atoms with van der Waals surface area (Å²) in [7, 11) is 0. The Morgan fingerprint density at radius 3 is 2.75 bits per heavy atom. The molecular formula is C16H16N2O3S3. The van der Waals surface area contributed by atoms with Crippen LogP contribution in [0.2, 0.25) is 0 Å². The van der Waals surface area contributed by atoms with Gasteiger partial charge >= 0.3 is 5.63 Å². The number of rotatable bonds is 6. The third-order valence-corrected chi connectivity index (χ3v) is 6.83. The quantitative estimate of drug-likeness (QED) is 0.500. The van der Waals surface area contributed by atoms with Crippen LogP contribution in [0.5, 0.6) is 5.75 Å². The normalized spacial score (nSPS) is 11.2. The second-order valence-corrected chi connectivity index (χ2v) is 8.69. The van der Waals surface area contributed by atoms with Crippen LogP contribution in [0.4, 0.5) is 0 Å². The van der Waals surface area contributed by atoms with Crippen molar-refractivity contribution in [3.05, 3.63) is 39.7 Å². The number of aryl methyl sites for hydroxylation is 1. The average Bonchev–Trinajstić information content (AvgIpc) is 3.02. The van der Waals surface area contributed by atoms with Gasteiger partial charge in [-0.05, 0) is 31.0 Å². The maximum atomic E-state index is 11.8. The van der Waals surface area contributed by atoms with Crippen LogP contribution in [0, 0.1) is 6.92 Å². The number of phenolic OH excluding ortho intramolecular Hbond substituents is 1. The molecule has 2 aromatic heterocycles. The topological polar surface area (TPSA) is 76.2 Å². The lowest BCUT2D eigenvalue weighted by Crippen LogP contribution is -2.00. The Balaban J connectivity index is 1.84. The zero-order valence-electron chi connectivity index (χ0n) is 13.2. The number of hydrogen-bond acceptors (Lipinski definition) is 8. The molecule has 0 atom stereocenters. The lowest BCUT2D eigenvalue weighted by Gasteiger charge is -2.07. The first-order valence-electron chi connectivity index (χ1n) is 7.43. The van der Waals surface area contributed by atoms with Gasteiger partial charge in [-0.25, -0.2) is 4.79 Å². The number of hydrogen-bond donors (Lipinski definition) is 1. The maximum Gasteiger partial charge on any atom is 0.336 e. The Bertz CT molecular complexity index is 921. The highest BCUT2D eigenvalue weighted by molar-refractivity contribution is 8.02. The molecule has 0 unspecified atom stereocenters. The zero-order chi connectivity index (χ0) is 17.1. The minimum Gasteiger partial charge on any atom is -0.508 e. The van der Waals surface area contributed by atoms with E-state index >= 15 is 0 Å². The van der Waals surface area contributed by atoms with Crippen molar-refractivity contribution in [1.29, 1.82) is 0 Å². The van der Waals surface area contributed by atoms with Crippen molar-refractivity contribution in [1.82, 2.24) is 10.2 Å². The minimum absolute atomic E-state index is 0.122. The van der Waals surface area contributed by atoms with Gasteiger partial charge in [0.1, 0.15) is 11.3 Å². The van der Waals surface area contributed by atoms with Crippen LogP contribution in [-0.4, -0.2) is 21.1 Å². The molecule has 8 heteroatoms. The van der Waals surface area contributed by atoms with Crippen LogP contribution in [0.1, 0.15) is 24.5 Å². The van der Waals surface area contributed by atoms with Crippen molar-refractivity contribution < 1.29 is 9.52 Å². The minimum atomic E-state index is -0.414. The Kier molecular flexibility index (Phi) is 5.47. The summed E-state index contributed by atoms with van der Waals surface area (Å²) in [6.07, 6.45) is 1.10. The standard InChI is InChI=1S/C16H16N2O3S3/c1-3-6-22-15-17-18-16(24-15)23-8-10-7-13(20)21-14-9(2)12(19)5-4-11(10)14/h4-5,7,19H,3,6,8H2,1-2H3. The fraction of sp³-hybridized carbons (Fsp3) is 0.312. The predicted octanol–water partition coefficient (Wildman–Crippen LogP) is 4.45. The molecule has 3 rings (SSSR count). The van der Waals surface area contributed by atoms with Gasteiger partial charge in [0, 0.05) is 28.5 Å². The van der Waals surface area contributed by atoms with Gasteiger partial charge in [-0.2, -0.15) is 0 Å². The third kappa shape index (κ3) is 3.76. The van der Waals surface area contributed by atoms with Crippen molar-refractivity contribution in [2.24, 2.45) is 0 Å². The lowest BCUT2D eigenvalue weighted by molar-refractivity contribution is 0.468. The molecule has 0 aliphatic rings. The van der Waals surface area contributed by atoms with Crippen molar-refractivity contribution in [2.75, 3.05) is 5.75 Å². The van der Waals surface area contributed by atoms with E-state index in [0.717, 1.165) is 31.8 Å². The summed E-state index contributed by atoms with van der Waals surface area (Å²) in [5.41, 5.74) is 1.47. The number of phenols is 1. The van der Waals surface area contributed by atoms with Gasteiger partial charge in [0.25, 0.3) is 0 Å². The monoisotopic (exact) mass is 380 g/mol. The number of nitrogens with zero attached hydrogens (tertiary/aromatic N) is 2. The molecular weight excluding hydrogens is 364 g/mol. The Hall–Kier alpha value is -1.51. The zero-order valence-corrected chi connectivity index (χ0v) is 15.7. The van der Waals surface area contributed by atoms with Crippen LogP contribution in [0.3, 0.4) is 0 Å². The maximum absolute atomic E-state index is 11.8. The Labute approximate surface area is 151 Å². The molecule has 0 aliphatic carbocycles. The number of fused-ring (bicyclic) bond motifs is 1. The predicted molar refractivity (Wildman–Crippen MR) is 99.4 cm³/mol. The van der Waals surface area contributed by atoms with Gasteiger partial charge in [0.05, 0.1) is 0 Å². The summed E-state index contributed by atoms with van der Waals surface area (Å²) in [5, 5.41) is 19.0. The van der Waals surface area contributed by atoms with Crippen LogP contribution < -0.4 is 5.63 Å². The van der Waals surface area contributed by atoms with E-state index in [0.29, 0.717) is 16.9 Å². The molecule has 3 aromatic rings. The summed E-state index contributed by atoms with van der Waals surface area (Å²) >= 11 is 4.83. The molecule has 5 nitrogen and oxygen atoms in total. The van der Waals surface area contributed by atoms with Crippen molar-refractivity contribution in [2.45, 2.75) is 34.7 Å². The van der Waals surface area contributed by atoms with E-state index in [1.165, 1.54) is 6.07 Å². The van der Waals surface area contributed by atoms with Crippen LogP contribution in [-0.2, 0) is 5.75 Å². The molecule has 0 fully saturated rings. The molecule has 0 spiro atoms. The molecule has 2 heterocycles. The first-order valence-corrected chi connectivity index (χ1v) is 10.2. The van der Waals surface area contributed by atoms with Crippen molar-refractivity contribution >= 4 is 45.8 Å². The molecule has 126 valence electrons. The molecule has 0 aliphatic heterocycles. The highest BCUT2D eigenvalue weighted by Gasteiger charge is 2.12. The Morgan fingerprint density at radius 1 is 1.25 bits per heavy atom. The van der Waals surface area contributed by atoms with Crippen molar-refractivity contribution in [3.8, 4) is 5.75 Å². The molecule has 0 amide bonds. The molecule has 24 heavy (non-hydrogen) atoms. The molecule has 0 saturated carbocycles. The molecule has 0 bridgehead atoms. The van der Waals surface area contributed by atoms with E-state index in [-0.39, 0.29) is 5.75 Å². The van der Waals surface area contributed by atoms with Gasteiger partial charge in [0.2, 0.25) is 0 Å². The van der Waals surface area contributed by atoms with Crippen molar-refractivity contribution in [3.63, 3.8) is 0 Å². The number of aromatic nitrogens is 2. The molecule has 1 N–H and O–H groups in total. The Morgan fingerprint density at radius 2 is 2.00 bits per heavy atom. The summed E-state index contributed by atoms with van der Waals surface area (Å²) in [5.74, 6) is 1.75. The molecule has 1 aromatic carbocycles. The first kappa shape index (κ1) is 17.3. The number of thioether (sulfide) groups is 2. The van der Waals surface area contributed by atoms with Crippen LogP contribution >= 0.6 is 34.9 Å². The summed E-state index contributed by atoms with van der Waals surface area (Å²) in [6.45, 7) is 3.87. The van der Waals surface area contributed by atoms with E-state index in [9.17, 15) is 9.90 Å². The van der Waals surface area contributed by atoms with Gasteiger partial charge in [0.15, 0.2) is 8.68 Å². The van der Waals surface area contributed by atoms with Crippen LogP contribution in [0.25, 0.3) is 11.0 Å². The average molecular weight is 381 g/mol. The number of benzene rings is 1. The molecule has 0 saturated heterocycles. The highest BCUT2D eigenvalue weighted by atomic mass is 32.2. The summed E-state index contributed by atoms with van der Waals surface area (Å²) in [6, 6.07) is 4.90. The lowest BCUT2D eigenvalue weighted by atomic mass is 10.1. The van der Waals surface area contributed by atoms with E-state index in [1.807, 2.05) is 0 Å². The fourth-order valence-corrected chi connectivity index (χ4v) is 5.11. The second kappa shape index (κ2) is 7.58. The van der Waals surface area contributed by atoms with Gasteiger partial charge < -0.3 is 9.52 Å². The second-order valence-electron chi connectivity index (χ2n) is 5.15. The number of aromatic hydroxyl groups is 1. The van der Waals surface area contributed by atoms with Crippen LogP contribution in [0.15, 0.2) is 36.1 Å². The SMILES string of the molecule is CCCSc1nnc(SCc2cc(=O)oc3c(C)c(O)ccc23)s1. The largest absolute Gasteiger partial charge is 0.508 e. The fourth-order valence-electron chi connectivity index (χ4n) is 2.18. The van der Waals surface area contributed by atoms with E-state index in [2.05, 4.69) is 17.1 Å². The summed E-state index contributed by atoms with van der Waals surface area (Å²) in [4.78, 5) is 11.8. The van der Waals surface area contributed by atoms with E-state index in [1.54, 1.807) is 53.9 Å². The summed E-state index contributed by atoms with van der Waals surface area (Å²) < 4.78 is 7.11. The van der Waals surface area contributed by atoms with Gasteiger partial charge in [-0.15, -0.1) is 10.2 Å². The highest BCUT2D eigenvalue weighted by Crippen LogP contribution is 2.33. The van der Waals surface area contributed by atoms with Gasteiger partial charge in [-0.3, -0.25) is 0 Å². The smallest absolute Gasteiger partial charge is 0.336 e. The third-order valence-electron chi connectivity index (χ3n) is 3.39. The van der Waals surface area contributed by atoms with E-state index in [4.69, 9.17) is 4.42 Å². The first-order chi connectivity index (χ1) is 11.6.